The highest BCUT2D eigenvalue weighted by atomic mass is 31.2. The van der Waals surface area contributed by atoms with Crippen molar-refractivity contribution in [3.8, 4) is 0 Å². The third-order valence-electron chi connectivity index (χ3n) is 2.68. The molecule has 0 aromatic carbocycles. The molecule has 1 unspecified atom stereocenters. The summed E-state index contributed by atoms with van der Waals surface area (Å²) < 4.78 is 15.8. The molecule has 0 heterocycles. The van der Waals surface area contributed by atoms with E-state index >= 15 is 0 Å². The van der Waals surface area contributed by atoms with Gasteiger partial charge >= 0.3 is 7.82 Å². The van der Waals surface area contributed by atoms with Crippen molar-refractivity contribution in [3.05, 3.63) is 0 Å². The molecule has 0 aromatic rings. The van der Waals surface area contributed by atoms with Gasteiger partial charge < -0.3 is 9.79 Å². The van der Waals surface area contributed by atoms with E-state index in [4.69, 9.17) is 14.3 Å². The fourth-order valence-corrected chi connectivity index (χ4v) is 2.71. The number of phosphoric acid groups is 1. The highest BCUT2D eigenvalue weighted by Crippen LogP contribution is 2.44. The van der Waals surface area contributed by atoms with Crippen molar-refractivity contribution < 1.29 is 18.9 Å². The van der Waals surface area contributed by atoms with Crippen molar-refractivity contribution in [3.63, 3.8) is 0 Å². The molecule has 2 N–H and O–H groups in total. The van der Waals surface area contributed by atoms with Crippen LogP contribution < -0.4 is 0 Å². The van der Waals surface area contributed by atoms with Gasteiger partial charge in [0.15, 0.2) is 0 Å². The average Bonchev–Trinajstić information content (AvgIpc) is 2.10. The molecule has 0 rings (SSSR count). The van der Waals surface area contributed by atoms with Gasteiger partial charge in [0.25, 0.3) is 0 Å². The molecule has 0 aliphatic carbocycles. The van der Waals surface area contributed by atoms with Gasteiger partial charge in [-0.2, -0.15) is 0 Å². The maximum absolute atomic E-state index is 10.9. The van der Waals surface area contributed by atoms with Gasteiger partial charge in [0.05, 0.1) is 5.60 Å². The lowest BCUT2D eigenvalue weighted by atomic mass is 9.93. The fraction of sp³-hybridized carbons (Fsp3) is 1.00. The predicted octanol–water partition coefficient (Wildman–Crippen LogP) is 3.62. The van der Waals surface area contributed by atoms with Gasteiger partial charge in [-0.25, -0.2) is 4.57 Å². The Morgan fingerprint density at radius 3 is 2.12 bits per heavy atom. The Morgan fingerprint density at radius 1 is 1.06 bits per heavy atom. The number of unbranched alkanes of at least 4 members (excludes halogenated alkanes) is 3. The summed E-state index contributed by atoms with van der Waals surface area (Å²) in [4.78, 5) is 17.7. The predicted molar refractivity (Wildman–Crippen MR) is 65.2 cm³/mol. The molecule has 0 bridgehead atoms. The summed E-state index contributed by atoms with van der Waals surface area (Å²) in [5.41, 5.74) is -0.679. The summed E-state index contributed by atoms with van der Waals surface area (Å²) >= 11 is 0. The fourth-order valence-electron chi connectivity index (χ4n) is 1.96. The van der Waals surface area contributed by atoms with Gasteiger partial charge in [0.2, 0.25) is 0 Å². The molecule has 0 amide bonds. The minimum Gasteiger partial charge on any atom is -0.303 e. The monoisotopic (exact) mass is 252 g/mol. The molecule has 0 spiro atoms. The molecule has 5 heteroatoms. The molecule has 4 nitrogen and oxygen atoms in total. The Balaban J connectivity index is 4.16. The lowest BCUT2D eigenvalue weighted by Gasteiger charge is -2.29. The number of hydrogen-bond acceptors (Lipinski definition) is 2. The topological polar surface area (TPSA) is 66.8 Å². The number of rotatable bonds is 9. The molecule has 0 fully saturated rings. The van der Waals surface area contributed by atoms with Crippen molar-refractivity contribution >= 4 is 7.82 Å². The molecule has 0 radical (unpaired) electrons. The van der Waals surface area contributed by atoms with E-state index in [0.717, 1.165) is 32.1 Å². The van der Waals surface area contributed by atoms with E-state index in [0.29, 0.717) is 12.8 Å². The van der Waals surface area contributed by atoms with Crippen LogP contribution in [-0.2, 0) is 9.09 Å². The second kappa shape index (κ2) is 7.44. The molecule has 1 atom stereocenters. The number of hydrogen-bond donors (Lipinski definition) is 2. The zero-order valence-corrected chi connectivity index (χ0v) is 11.5. The largest absolute Gasteiger partial charge is 0.470 e. The van der Waals surface area contributed by atoms with Crippen LogP contribution in [0.5, 0.6) is 0 Å². The summed E-state index contributed by atoms with van der Waals surface area (Å²) in [7, 11) is -4.37. The van der Waals surface area contributed by atoms with Crippen molar-refractivity contribution in [2.24, 2.45) is 0 Å². The van der Waals surface area contributed by atoms with Gasteiger partial charge in [-0.15, -0.1) is 0 Å². The lowest BCUT2D eigenvalue weighted by molar-refractivity contribution is 0.0320. The first kappa shape index (κ1) is 16.1. The van der Waals surface area contributed by atoms with Gasteiger partial charge in [-0.1, -0.05) is 46.0 Å². The maximum Gasteiger partial charge on any atom is 0.470 e. The highest BCUT2D eigenvalue weighted by molar-refractivity contribution is 7.46. The summed E-state index contributed by atoms with van der Waals surface area (Å²) in [6.45, 7) is 5.92. The van der Waals surface area contributed by atoms with Crippen molar-refractivity contribution in [1.82, 2.24) is 0 Å². The molecule has 0 saturated heterocycles. The Kier molecular flexibility index (Phi) is 7.49. The Bertz CT molecular complexity index is 226. The molecule has 0 aliphatic rings. The quantitative estimate of drug-likeness (QED) is 0.486. The van der Waals surface area contributed by atoms with Crippen LogP contribution in [-0.4, -0.2) is 15.4 Å². The standard InChI is InChI=1S/C11H25O4P/c1-4-6-7-8-10-11(3,9-5-2)15-16(12,13)14/h4-10H2,1-3H3,(H2,12,13,14). The van der Waals surface area contributed by atoms with E-state index < -0.39 is 13.4 Å². The Labute approximate surface area is 98.6 Å². The van der Waals surface area contributed by atoms with Crippen LogP contribution in [0.2, 0.25) is 0 Å². The minimum absolute atomic E-state index is 0.679. The van der Waals surface area contributed by atoms with Gasteiger partial charge in [-0.3, -0.25) is 4.52 Å². The SMILES string of the molecule is CCCCCCC(C)(CCC)OP(=O)(O)O. The third kappa shape index (κ3) is 8.28. The van der Waals surface area contributed by atoms with Crippen LogP contribution in [0.15, 0.2) is 0 Å². The first-order valence-corrected chi connectivity index (χ1v) is 7.62. The number of phosphoric ester groups is 1. The highest BCUT2D eigenvalue weighted by Gasteiger charge is 2.32. The van der Waals surface area contributed by atoms with E-state index in [1.165, 1.54) is 0 Å². The zero-order valence-electron chi connectivity index (χ0n) is 10.6. The van der Waals surface area contributed by atoms with E-state index in [9.17, 15) is 4.57 Å². The first-order chi connectivity index (χ1) is 7.33. The van der Waals surface area contributed by atoms with E-state index in [1.807, 2.05) is 6.92 Å². The van der Waals surface area contributed by atoms with Crippen LogP contribution in [0, 0.1) is 0 Å². The molecule has 0 aliphatic heterocycles. The smallest absolute Gasteiger partial charge is 0.303 e. The van der Waals surface area contributed by atoms with Crippen LogP contribution >= 0.6 is 7.82 Å². The molecule has 16 heavy (non-hydrogen) atoms. The maximum atomic E-state index is 10.9. The van der Waals surface area contributed by atoms with Crippen molar-refractivity contribution in [2.75, 3.05) is 0 Å². The van der Waals surface area contributed by atoms with E-state index in [1.54, 1.807) is 6.92 Å². The van der Waals surface area contributed by atoms with Crippen molar-refractivity contribution in [1.29, 1.82) is 0 Å². The summed E-state index contributed by atoms with van der Waals surface area (Å²) in [6, 6.07) is 0. The Morgan fingerprint density at radius 2 is 1.69 bits per heavy atom. The molecule has 0 saturated carbocycles. The lowest BCUT2D eigenvalue weighted by Crippen LogP contribution is -2.27. The summed E-state index contributed by atoms with van der Waals surface area (Å²) in [6.07, 6.45) is 6.65. The van der Waals surface area contributed by atoms with Gasteiger partial charge in [-0.05, 0) is 19.8 Å². The zero-order chi connectivity index (χ0) is 12.7. The third-order valence-corrected chi connectivity index (χ3v) is 3.36. The normalized spacial score (nSPS) is 16.1. The summed E-state index contributed by atoms with van der Waals surface area (Å²) in [5, 5.41) is 0. The summed E-state index contributed by atoms with van der Waals surface area (Å²) in [5.74, 6) is 0. The second-order valence-electron chi connectivity index (χ2n) is 4.59. The first-order valence-electron chi connectivity index (χ1n) is 6.09. The van der Waals surface area contributed by atoms with E-state index in [-0.39, 0.29) is 0 Å². The van der Waals surface area contributed by atoms with Crippen LogP contribution in [0.25, 0.3) is 0 Å². The molecular formula is C11H25O4P. The minimum atomic E-state index is -4.37. The molecular weight excluding hydrogens is 227 g/mol. The molecule has 98 valence electrons. The van der Waals surface area contributed by atoms with Crippen LogP contribution in [0.1, 0.15) is 65.7 Å². The van der Waals surface area contributed by atoms with Gasteiger partial charge in [0.1, 0.15) is 0 Å². The van der Waals surface area contributed by atoms with E-state index in [2.05, 4.69) is 6.92 Å². The Hall–Kier alpha value is 0.110. The van der Waals surface area contributed by atoms with Crippen LogP contribution in [0.3, 0.4) is 0 Å². The molecule has 0 aromatic heterocycles. The van der Waals surface area contributed by atoms with Crippen LogP contribution in [0.4, 0.5) is 0 Å². The second-order valence-corrected chi connectivity index (χ2v) is 5.76. The van der Waals surface area contributed by atoms with Crippen molar-refractivity contribution in [2.45, 2.75) is 71.3 Å². The average molecular weight is 252 g/mol. The van der Waals surface area contributed by atoms with Gasteiger partial charge in [0, 0.05) is 0 Å².